The highest BCUT2D eigenvalue weighted by Crippen LogP contribution is 2.30. The number of benzene rings is 2. The molecule has 1 aliphatic rings. The number of nitrogens with zero attached hydrogens (tertiary/aromatic N) is 1. The lowest BCUT2D eigenvalue weighted by atomic mass is 9.85. The molecular formula is C26H32N2O5. The minimum absolute atomic E-state index is 0.0390. The summed E-state index contributed by atoms with van der Waals surface area (Å²) in [5.41, 5.74) is 3.23. The molecule has 0 bridgehead atoms. The van der Waals surface area contributed by atoms with Crippen molar-refractivity contribution in [3.05, 3.63) is 54.1 Å². The van der Waals surface area contributed by atoms with Crippen LogP contribution >= 0.6 is 0 Å². The van der Waals surface area contributed by atoms with E-state index in [1.165, 1.54) is 14.2 Å². The average Bonchev–Trinajstić information content (AvgIpc) is 2.87. The monoisotopic (exact) mass is 452 g/mol. The van der Waals surface area contributed by atoms with Gasteiger partial charge in [0.2, 0.25) is 0 Å². The van der Waals surface area contributed by atoms with Gasteiger partial charge in [-0.25, -0.2) is 4.79 Å². The van der Waals surface area contributed by atoms with Crippen molar-refractivity contribution in [2.45, 2.75) is 44.6 Å². The second-order valence-corrected chi connectivity index (χ2v) is 8.14. The van der Waals surface area contributed by atoms with E-state index in [-0.39, 0.29) is 11.8 Å². The second kappa shape index (κ2) is 12.0. The van der Waals surface area contributed by atoms with Crippen LogP contribution in [0.5, 0.6) is 5.75 Å². The van der Waals surface area contributed by atoms with E-state index in [4.69, 9.17) is 14.3 Å². The highest BCUT2D eigenvalue weighted by atomic mass is 16.6. The first-order valence-corrected chi connectivity index (χ1v) is 11.3. The Hall–Kier alpha value is -3.35. The molecule has 0 radical (unpaired) electrons. The van der Waals surface area contributed by atoms with Gasteiger partial charge >= 0.3 is 5.97 Å². The fourth-order valence-corrected chi connectivity index (χ4v) is 4.28. The third-order valence-corrected chi connectivity index (χ3v) is 6.02. The Morgan fingerprint density at radius 3 is 2.33 bits per heavy atom. The van der Waals surface area contributed by atoms with Crippen LogP contribution in [0.1, 0.15) is 37.7 Å². The molecule has 1 aliphatic carbocycles. The molecule has 1 amide bonds. The molecule has 0 heterocycles. The number of methoxy groups -OCH3 is 2. The third-order valence-electron chi connectivity index (χ3n) is 6.02. The zero-order valence-electron chi connectivity index (χ0n) is 19.5. The van der Waals surface area contributed by atoms with Gasteiger partial charge in [-0.15, -0.1) is 0 Å². The molecule has 3 rings (SSSR count). The summed E-state index contributed by atoms with van der Waals surface area (Å²) in [7, 11) is 4.39. The van der Waals surface area contributed by atoms with Crippen LogP contribution < -0.4 is 10.1 Å². The van der Waals surface area contributed by atoms with Crippen molar-refractivity contribution in [1.29, 1.82) is 0 Å². The summed E-state index contributed by atoms with van der Waals surface area (Å²) in [6.45, 7) is 0. The lowest BCUT2D eigenvalue weighted by molar-refractivity contribution is -0.144. The average molecular weight is 453 g/mol. The first kappa shape index (κ1) is 24.3. The van der Waals surface area contributed by atoms with Gasteiger partial charge in [0.1, 0.15) is 24.6 Å². The van der Waals surface area contributed by atoms with Gasteiger partial charge in [-0.05, 0) is 30.0 Å². The number of para-hydroxylation sites is 1. The lowest BCUT2D eigenvalue weighted by Gasteiger charge is -2.24. The summed E-state index contributed by atoms with van der Waals surface area (Å²) >= 11 is 0. The van der Waals surface area contributed by atoms with Crippen molar-refractivity contribution in [2.24, 2.45) is 11.1 Å². The van der Waals surface area contributed by atoms with Gasteiger partial charge in [-0.3, -0.25) is 4.79 Å². The van der Waals surface area contributed by atoms with E-state index in [9.17, 15) is 9.59 Å². The quantitative estimate of drug-likeness (QED) is 0.351. The highest BCUT2D eigenvalue weighted by Gasteiger charge is 2.30. The first-order chi connectivity index (χ1) is 16.1. The van der Waals surface area contributed by atoms with Gasteiger partial charge in [0.05, 0.1) is 14.2 Å². The topological polar surface area (TPSA) is 86.2 Å². The number of oxime groups is 1. The minimum Gasteiger partial charge on any atom is -0.496 e. The normalized spacial score (nSPS) is 15.4. The molecule has 176 valence electrons. The van der Waals surface area contributed by atoms with E-state index >= 15 is 0 Å². The molecule has 2 aromatic rings. The zero-order valence-corrected chi connectivity index (χ0v) is 19.5. The van der Waals surface area contributed by atoms with Gasteiger partial charge < -0.3 is 19.6 Å². The number of rotatable bonds is 9. The summed E-state index contributed by atoms with van der Waals surface area (Å²) in [6, 6.07) is 14.8. The predicted octanol–water partition coefficient (Wildman–Crippen LogP) is 4.15. The Kier molecular flexibility index (Phi) is 8.87. The van der Waals surface area contributed by atoms with Crippen molar-refractivity contribution < 1.29 is 23.9 Å². The molecule has 1 N–H and O–H groups in total. The van der Waals surface area contributed by atoms with E-state index in [0.717, 1.165) is 54.5 Å². The van der Waals surface area contributed by atoms with Crippen molar-refractivity contribution in [1.82, 2.24) is 5.32 Å². The summed E-state index contributed by atoms with van der Waals surface area (Å²) in [5.74, 6) is -0.0582. The summed E-state index contributed by atoms with van der Waals surface area (Å²) < 4.78 is 10.4. The van der Waals surface area contributed by atoms with Gasteiger partial charge in [-0.2, -0.15) is 0 Å². The Morgan fingerprint density at radius 1 is 1.00 bits per heavy atom. The van der Waals surface area contributed by atoms with Crippen molar-refractivity contribution >= 4 is 17.6 Å². The van der Waals surface area contributed by atoms with Crippen molar-refractivity contribution in [2.75, 3.05) is 21.3 Å². The Bertz CT molecular complexity index is 965. The zero-order chi connectivity index (χ0) is 23.6. The van der Waals surface area contributed by atoms with Gasteiger partial charge in [-0.1, -0.05) is 66.9 Å². The molecular weight excluding hydrogens is 420 g/mol. The summed E-state index contributed by atoms with van der Waals surface area (Å²) in [5, 5.41) is 6.81. The molecule has 0 aliphatic heterocycles. The van der Waals surface area contributed by atoms with E-state index < -0.39 is 12.0 Å². The maximum atomic E-state index is 13.0. The second-order valence-electron chi connectivity index (χ2n) is 8.14. The number of carbonyl (C=O) groups is 2. The van der Waals surface area contributed by atoms with Crippen molar-refractivity contribution in [3.8, 4) is 16.9 Å². The third kappa shape index (κ3) is 6.34. The van der Waals surface area contributed by atoms with Gasteiger partial charge in [0, 0.05) is 17.9 Å². The molecule has 33 heavy (non-hydrogen) atoms. The Morgan fingerprint density at radius 2 is 1.70 bits per heavy atom. The number of esters is 1. The van der Waals surface area contributed by atoms with E-state index in [1.807, 2.05) is 48.5 Å². The smallest absolute Gasteiger partial charge is 0.328 e. The fourth-order valence-electron chi connectivity index (χ4n) is 4.28. The number of nitrogens with one attached hydrogen (secondary N) is 1. The van der Waals surface area contributed by atoms with E-state index in [1.54, 1.807) is 7.11 Å². The SMILES string of the molecule is CON=C(C(=O)N[C@@H](Cc1ccc(-c2ccccc2OC)cc1)C(=O)OC)C1CCCCC1. The summed E-state index contributed by atoms with van der Waals surface area (Å²) in [6.07, 6.45) is 5.36. The van der Waals surface area contributed by atoms with Crippen LogP contribution in [0.25, 0.3) is 11.1 Å². The number of hydrogen-bond donors (Lipinski definition) is 1. The van der Waals surface area contributed by atoms with Crippen LogP contribution in [-0.4, -0.2) is 45.0 Å². The maximum Gasteiger partial charge on any atom is 0.328 e. The minimum atomic E-state index is -0.828. The van der Waals surface area contributed by atoms with E-state index in [0.29, 0.717) is 12.1 Å². The number of amides is 1. The Labute approximate surface area is 195 Å². The highest BCUT2D eigenvalue weighted by molar-refractivity contribution is 6.39. The van der Waals surface area contributed by atoms with Crippen LogP contribution in [-0.2, 0) is 25.6 Å². The molecule has 0 unspecified atom stereocenters. The van der Waals surface area contributed by atoms with E-state index in [2.05, 4.69) is 10.5 Å². The Balaban J connectivity index is 1.74. The van der Waals surface area contributed by atoms with Crippen LogP contribution in [0.15, 0.2) is 53.7 Å². The van der Waals surface area contributed by atoms with Crippen LogP contribution in [0, 0.1) is 5.92 Å². The number of carbonyl (C=O) groups excluding carboxylic acids is 2. The van der Waals surface area contributed by atoms with Crippen LogP contribution in [0.4, 0.5) is 0 Å². The molecule has 1 fully saturated rings. The molecule has 7 nitrogen and oxygen atoms in total. The molecule has 7 heteroatoms. The standard InChI is InChI=1S/C26H32N2O5/c1-31-23-12-8-7-11-21(23)19-15-13-18(14-16-19)17-22(26(30)32-2)27-25(29)24(28-33-3)20-9-5-4-6-10-20/h7-8,11-16,20,22H,4-6,9-10,17H2,1-3H3,(H,27,29)/t22-/m0/s1. The summed E-state index contributed by atoms with van der Waals surface area (Å²) in [4.78, 5) is 30.4. The fraction of sp³-hybridized carbons (Fsp3) is 0.423. The molecule has 0 aromatic heterocycles. The van der Waals surface area contributed by atoms with Crippen LogP contribution in [0.2, 0.25) is 0 Å². The number of hydrogen-bond acceptors (Lipinski definition) is 6. The predicted molar refractivity (Wildman–Crippen MR) is 127 cm³/mol. The lowest BCUT2D eigenvalue weighted by Crippen LogP contribution is -2.47. The van der Waals surface area contributed by atoms with Gasteiger partial charge in [0.15, 0.2) is 0 Å². The maximum absolute atomic E-state index is 13.0. The van der Waals surface area contributed by atoms with Crippen molar-refractivity contribution in [3.63, 3.8) is 0 Å². The molecule has 1 saturated carbocycles. The molecule has 1 atom stereocenters. The molecule has 0 saturated heterocycles. The van der Waals surface area contributed by atoms with Gasteiger partial charge in [0.25, 0.3) is 5.91 Å². The number of ether oxygens (including phenoxy) is 2. The largest absolute Gasteiger partial charge is 0.496 e. The first-order valence-electron chi connectivity index (χ1n) is 11.3. The van der Waals surface area contributed by atoms with Crippen LogP contribution in [0.3, 0.4) is 0 Å². The molecule has 2 aromatic carbocycles. The molecule has 0 spiro atoms.